The summed E-state index contributed by atoms with van der Waals surface area (Å²) in [7, 11) is -3.27. The summed E-state index contributed by atoms with van der Waals surface area (Å²) >= 11 is 0. The van der Waals surface area contributed by atoms with Crippen molar-refractivity contribution < 1.29 is 28.3 Å². The van der Waals surface area contributed by atoms with Gasteiger partial charge >= 0.3 is 11.9 Å². The van der Waals surface area contributed by atoms with Crippen LogP contribution >= 0.6 is 0 Å². The number of hydrogen-bond donors (Lipinski definition) is 1. The highest BCUT2D eigenvalue weighted by molar-refractivity contribution is 6.84. The zero-order valence-corrected chi connectivity index (χ0v) is 24.1. The first-order chi connectivity index (χ1) is 15.5. The minimum Gasteiger partial charge on any atom is -0.481 e. The van der Waals surface area contributed by atoms with E-state index < -0.39 is 34.5 Å². The van der Waals surface area contributed by atoms with E-state index in [1.807, 2.05) is 6.08 Å². The molecule has 0 rings (SSSR count). The molecular formula is C25H50O6Si2. The van der Waals surface area contributed by atoms with Crippen molar-refractivity contribution in [2.45, 2.75) is 110 Å². The molecule has 0 radical (unpaired) electrons. The van der Waals surface area contributed by atoms with Crippen molar-refractivity contribution >= 4 is 28.6 Å². The van der Waals surface area contributed by atoms with E-state index in [1.165, 1.54) is 31.7 Å². The average Bonchev–Trinajstić information content (AvgIpc) is 2.72. The van der Waals surface area contributed by atoms with Crippen molar-refractivity contribution in [2.75, 3.05) is 19.8 Å². The number of esters is 1. The molecule has 0 aliphatic carbocycles. The second-order valence-electron chi connectivity index (χ2n) is 10.1. The lowest BCUT2D eigenvalue weighted by Crippen LogP contribution is -2.44. The first kappa shape index (κ1) is 32.0. The molecule has 0 aromatic carbocycles. The van der Waals surface area contributed by atoms with Gasteiger partial charge in [-0.25, -0.2) is 0 Å². The number of aliphatic carboxylic acids is 1. The maximum Gasteiger partial charge on any atom is 0.310 e. The van der Waals surface area contributed by atoms with Crippen LogP contribution in [0.15, 0.2) is 12.2 Å². The fourth-order valence-corrected chi connectivity index (χ4v) is 12.8. The third-order valence-corrected chi connectivity index (χ3v) is 13.1. The van der Waals surface area contributed by atoms with Gasteiger partial charge in [0.25, 0.3) is 0 Å². The van der Waals surface area contributed by atoms with Gasteiger partial charge in [0.1, 0.15) is 6.61 Å². The van der Waals surface area contributed by atoms with Crippen LogP contribution in [0, 0.1) is 5.92 Å². The number of carboxylic acid groups (broad SMARTS) is 1. The van der Waals surface area contributed by atoms with Crippen molar-refractivity contribution in [3.8, 4) is 0 Å². The van der Waals surface area contributed by atoms with Crippen molar-refractivity contribution in [3.63, 3.8) is 0 Å². The van der Waals surface area contributed by atoms with Gasteiger partial charge < -0.3 is 18.7 Å². The molecule has 8 heteroatoms. The van der Waals surface area contributed by atoms with Gasteiger partial charge in [-0.05, 0) is 57.5 Å². The fraction of sp³-hybridized carbons (Fsp3) is 0.840. The van der Waals surface area contributed by atoms with Crippen LogP contribution in [0.25, 0.3) is 0 Å². The summed E-state index contributed by atoms with van der Waals surface area (Å²) in [4.78, 5) is 23.4. The standard InChI is InChI=1S/C25H50O6Si2/c1-7-9-11-12-13-14-16-23(25(27)28)22-24(26)30-19-18-29-17-15-21-33(5,6)31-32(3,4)20-10-8-2/h14,16,23H,7-13,15,17-22H2,1-6H3,(H,27,28)/b16-14+. The normalized spacial score (nSPS) is 13.4. The van der Waals surface area contributed by atoms with Crippen molar-refractivity contribution in [1.29, 1.82) is 0 Å². The second kappa shape index (κ2) is 18.4. The number of unbranched alkanes of at least 4 members (excludes halogenated alkanes) is 5. The van der Waals surface area contributed by atoms with Crippen molar-refractivity contribution in [2.24, 2.45) is 5.92 Å². The maximum absolute atomic E-state index is 12.0. The highest BCUT2D eigenvalue weighted by atomic mass is 28.4. The molecule has 0 aliphatic rings. The Hall–Kier alpha value is -0.966. The summed E-state index contributed by atoms with van der Waals surface area (Å²) in [5.41, 5.74) is 0. The second-order valence-corrected chi connectivity index (χ2v) is 18.9. The molecule has 6 nitrogen and oxygen atoms in total. The topological polar surface area (TPSA) is 82.1 Å². The smallest absolute Gasteiger partial charge is 0.310 e. The quantitative estimate of drug-likeness (QED) is 0.0806. The number of carbonyl (C=O) groups is 2. The SMILES string of the molecule is CCCCCC/C=C/C(CC(=O)OCCOCCC[Si](C)(C)O[Si](C)(C)CCCC)C(=O)O. The summed E-state index contributed by atoms with van der Waals surface area (Å²) in [6.45, 7) is 14.7. The molecule has 0 heterocycles. The number of hydrogen-bond acceptors (Lipinski definition) is 5. The highest BCUT2D eigenvalue weighted by Gasteiger charge is 2.32. The molecular weight excluding hydrogens is 452 g/mol. The van der Waals surface area contributed by atoms with Crippen molar-refractivity contribution in [1.82, 2.24) is 0 Å². The van der Waals surface area contributed by atoms with Crippen LogP contribution in [0.5, 0.6) is 0 Å². The maximum atomic E-state index is 12.0. The van der Waals surface area contributed by atoms with Gasteiger partial charge in [0, 0.05) is 6.61 Å². The van der Waals surface area contributed by atoms with E-state index in [-0.39, 0.29) is 13.0 Å². The fourth-order valence-electron chi connectivity index (χ4n) is 3.79. The van der Waals surface area contributed by atoms with Gasteiger partial charge in [-0.1, -0.05) is 58.1 Å². The van der Waals surface area contributed by atoms with E-state index in [2.05, 4.69) is 40.0 Å². The molecule has 194 valence electrons. The zero-order valence-electron chi connectivity index (χ0n) is 22.1. The lowest BCUT2D eigenvalue weighted by Gasteiger charge is -2.34. The van der Waals surface area contributed by atoms with E-state index in [1.54, 1.807) is 6.08 Å². The molecule has 0 aliphatic heterocycles. The van der Waals surface area contributed by atoms with Crippen LogP contribution < -0.4 is 0 Å². The van der Waals surface area contributed by atoms with E-state index in [9.17, 15) is 14.7 Å². The molecule has 33 heavy (non-hydrogen) atoms. The highest BCUT2D eigenvalue weighted by Crippen LogP contribution is 2.24. The molecule has 0 amide bonds. The molecule has 0 saturated heterocycles. The monoisotopic (exact) mass is 502 g/mol. The summed E-state index contributed by atoms with van der Waals surface area (Å²) in [5.74, 6) is -2.33. The van der Waals surface area contributed by atoms with Crippen LogP contribution in [-0.4, -0.2) is 53.5 Å². The average molecular weight is 503 g/mol. The van der Waals surface area contributed by atoms with Crippen LogP contribution in [-0.2, 0) is 23.2 Å². The third kappa shape index (κ3) is 19.1. The zero-order chi connectivity index (χ0) is 25.2. The Morgan fingerprint density at radius 2 is 1.48 bits per heavy atom. The minimum absolute atomic E-state index is 0.143. The first-order valence-electron chi connectivity index (χ1n) is 12.9. The number of carbonyl (C=O) groups excluding carboxylic acids is 1. The molecule has 1 unspecified atom stereocenters. The molecule has 1 atom stereocenters. The van der Waals surface area contributed by atoms with Gasteiger partial charge in [-0.2, -0.15) is 0 Å². The van der Waals surface area contributed by atoms with Gasteiger partial charge in [-0.15, -0.1) is 0 Å². The first-order valence-corrected chi connectivity index (χ1v) is 19.1. The van der Waals surface area contributed by atoms with Gasteiger partial charge in [-0.3, -0.25) is 9.59 Å². The molecule has 0 bridgehead atoms. The predicted octanol–water partition coefficient (Wildman–Crippen LogP) is 6.78. The van der Waals surface area contributed by atoms with Crippen LogP contribution in [0.2, 0.25) is 38.3 Å². The Bertz CT molecular complexity index is 563. The molecule has 1 N–H and O–H groups in total. The minimum atomic E-state index is -1.69. The summed E-state index contributed by atoms with van der Waals surface area (Å²) in [6.07, 6.45) is 12.1. The largest absolute Gasteiger partial charge is 0.481 e. The Morgan fingerprint density at radius 3 is 2.09 bits per heavy atom. The van der Waals surface area contributed by atoms with E-state index >= 15 is 0 Å². The summed E-state index contributed by atoms with van der Waals surface area (Å²) in [6, 6.07) is 2.28. The van der Waals surface area contributed by atoms with Crippen LogP contribution in [0.3, 0.4) is 0 Å². The molecule has 0 fully saturated rings. The Balaban J connectivity index is 4.02. The number of rotatable bonds is 21. The Labute approximate surface area is 204 Å². The number of carboxylic acids is 1. The number of ether oxygens (including phenoxy) is 2. The number of allylic oxidation sites excluding steroid dienone is 1. The van der Waals surface area contributed by atoms with Gasteiger partial charge in [0.05, 0.1) is 18.9 Å². The van der Waals surface area contributed by atoms with Gasteiger partial charge in [0.2, 0.25) is 0 Å². The van der Waals surface area contributed by atoms with E-state index in [0.717, 1.165) is 31.7 Å². The van der Waals surface area contributed by atoms with E-state index in [0.29, 0.717) is 13.2 Å². The molecule has 0 aromatic heterocycles. The Morgan fingerprint density at radius 1 is 0.848 bits per heavy atom. The Kier molecular flexibility index (Phi) is 17.8. The molecule has 0 saturated carbocycles. The predicted molar refractivity (Wildman–Crippen MR) is 141 cm³/mol. The molecule has 0 spiro atoms. The lowest BCUT2D eigenvalue weighted by molar-refractivity contribution is -0.151. The van der Waals surface area contributed by atoms with Crippen molar-refractivity contribution in [3.05, 3.63) is 12.2 Å². The third-order valence-electron chi connectivity index (χ3n) is 5.54. The summed E-state index contributed by atoms with van der Waals surface area (Å²) in [5, 5.41) is 9.32. The van der Waals surface area contributed by atoms with E-state index in [4.69, 9.17) is 13.6 Å². The van der Waals surface area contributed by atoms with Crippen LogP contribution in [0.4, 0.5) is 0 Å². The summed E-state index contributed by atoms with van der Waals surface area (Å²) < 4.78 is 17.4. The van der Waals surface area contributed by atoms with Gasteiger partial charge in [0.15, 0.2) is 16.6 Å². The molecule has 0 aromatic rings. The lowest BCUT2D eigenvalue weighted by atomic mass is 10.0. The van der Waals surface area contributed by atoms with Crippen LogP contribution in [0.1, 0.15) is 71.6 Å².